The van der Waals surface area contributed by atoms with Gasteiger partial charge in [0.25, 0.3) is 5.91 Å². The van der Waals surface area contributed by atoms with Gasteiger partial charge in [-0.3, -0.25) is 4.79 Å². The van der Waals surface area contributed by atoms with Crippen LogP contribution in [0.25, 0.3) is 0 Å². The molecule has 1 aliphatic heterocycles. The monoisotopic (exact) mass is 389 g/mol. The van der Waals surface area contributed by atoms with Crippen molar-refractivity contribution in [3.05, 3.63) is 53.5 Å². The third kappa shape index (κ3) is 4.81. The summed E-state index contributed by atoms with van der Waals surface area (Å²) >= 11 is 0. The number of hydrogen-bond acceptors (Lipinski definition) is 6. The number of amides is 1. The number of hydrogen-bond donors (Lipinski definition) is 2. The van der Waals surface area contributed by atoms with Crippen LogP contribution >= 0.6 is 0 Å². The zero-order chi connectivity index (χ0) is 20.1. The summed E-state index contributed by atoms with van der Waals surface area (Å²) in [7, 11) is 1.71. The number of ether oxygens (including phenoxy) is 2. The van der Waals surface area contributed by atoms with Crippen LogP contribution in [0.5, 0.6) is 0 Å². The van der Waals surface area contributed by atoms with Crippen LogP contribution in [0.15, 0.2) is 36.5 Å². The van der Waals surface area contributed by atoms with Crippen LogP contribution in [0.3, 0.4) is 0 Å². The third-order valence-corrected chi connectivity index (χ3v) is 4.19. The Labute approximate surface area is 160 Å². The van der Waals surface area contributed by atoms with Gasteiger partial charge >= 0.3 is 5.97 Å². The first-order valence-electron chi connectivity index (χ1n) is 8.65. The van der Waals surface area contributed by atoms with E-state index in [-0.39, 0.29) is 28.7 Å². The molecule has 0 bridgehead atoms. The van der Waals surface area contributed by atoms with Crippen LogP contribution in [0.4, 0.5) is 15.9 Å². The Kier molecular flexibility index (Phi) is 6.17. The summed E-state index contributed by atoms with van der Waals surface area (Å²) in [6.07, 6.45) is 1.19. The van der Waals surface area contributed by atoms with Crippen molar-refractivity contribution in [3.8, 4) is 0 Å². The first-order chi connectivity index (χ1) is 13.4. The van der Waals surface area contributed by atoms with Crippen molar-refractivity contribution in [2.45, 2.75) is 6.10 Å². The lowest BCUT2D eigenvalue weighted by Crippen LogP contribution is -2.39. The summed E-state index contributed by atoms with van der Waals surface area (Å²) in [5.74, 6) is -1.87. The molecule has 28 heavy (non-hydrogen) atoms. The van der Waals surface area contributed by atoms with E-state index in [1.165, 1.54) is 36.5 Å². The number of likely N-dealkylation sites (N-methyl/N-ethyl adjacent to an activating group) is 1. The second-order valence-corrected chi connectivity index (χ2v) is 6.31. The second kappa shape index (κ2) is 8.77. The number of aromatic carboxylic acids is 1. The van der Waals surface area contributed by atoms with E-state index in [9.17, 15) is 19.1 Å². The molecule has 148 valence electrons. The molecule has 1 aromatic carbocycles. The number of nitrogens with one attached hydrogen (secondary N) is 1. The van der Waals surface area contributed by atoms with Gasteiger partial charge in [-0.2, -0.15) is 0 Å². The predicted molar refractivity (Wildman–Crippen MR) is 99.4 cm³/mol. The standard InChI is InChI=1S/C19H20FN3O5/c1-23(10-15-11-27-6-7-28-15)17-16(19(25)26)8-14(9-21-17)22-18(24)12-2-4-13(20)5-3-12/h2-5,8-9,15H,6-7,10-11H2,1H3,(H,22,24)(H,25,26)/t15-/m0/s1. The molecule has 1 amide bonds. The molecule has 2 N–H and O–H groups in total. The number of benzene rings is 1. The van der Waals surface area contributed by atoms with Gasteiger partial charge in [0, 0.05) is 19.2 Å². The molecule has 0 spiro atoms. The van der Waals surface area contributed by atoms with Gasteiger partial charge in [0.15, 0.2) is 0 Å². The molecule has 0 unspecified atom stereocenters. The van der Waals surface area contributed by atoms with E-state index in [1.54, 1.807) is 11.9 Å². The highest BCUT2D eigenvalue weighted by Gasteiger charge is 2.22. The summed E-state index contributed by atoms with van der Waals surface area (Å²) in [4.78, 5) is 29.8. The second-order valence-electron chi connectivity index (χ2n) is 6.31. The van der Waals surface area contributed by atoms with Crippen molar-refractivity contribution in [2.24, 2.45) is 0 Å². The Bertz CT molecular complexity index is 853. The van der Waals surface area contributed by atoms with E-state index >= 15 is 0 Å². The van der Waals surface area contributed by atoms with E-state index in [0.717, 1.165) is 0 Å². The number of aromatic nitrogens is 1. The van der Waals surface area contributed by atoms with Crippen LogP contribution in [0.2, 0.25) is 0 Å². The number of halogens is 1. The fourth-order valence-electron chi connectivity index (χ4n) is 2.83. The fraction of sp³-hybridized carbons (Fsp3) is 0.316. The van der Waals surface area contributed by atoms with Gasteiger partial charge in [-0.25, -0.2) is 14.2 Å². The summed E-state index contributed by atoms with van der Waals surface area (Å²) in [5.41, 5.74) is 0.408. The number of pyridine rings is 1. The van der Waals surface area contributed by atoms with E-state index < -0.39 is 17.7 Å². The largest absolute Gasteiger partial charge is 0.478 e. The lowest BCUT2D eigenvalue weighted by molar-refractivity contribution is -0.0837. The molecule has 2 heterocycles. The molecule has 1 aliphatic rings. The Morgan fingerprint density at radius 3 is 2.71 bits per heavy atom. The number of carboxylic acids is 1. The fourth-order valence-corrected chi connectivity index (χ4v) is 2.83. The topological polar surface area (TPSA) is 101 Å². The zero-order valence-corrected chi connectivity index (χ0v) is 15.2. The molecule has 2 aromatic rings. The Balaban J connectivity index is 1.75. The quantitative estimate of drug-likeness (QED) is 0.779. The molecular weight excluding hydrogens is 369 g/mol. The molecular formula is C19H20FN3O5. The maximum absolute atomic E-state index is 13.0. The highest BCUT2D eigenvalue weighted by Crippen LogP contribution is 2.22. The highest BCUT2D eigenvalue weighted by atomic mass is 19.1. The van der Waals surface area contributed by atoms with Gasteiger partial charge in [0.1, 0.15) is 17.2 Å². The van der Waals surface area contributed by atoms with Gasteiger partial charge in [0.2, 0.25) is 0 Å². The van der Waals surface area contributed by atoms with Gasteiger partial charge in [-0.15, -0.1) is 0 Å². The van der Waals surface area contributed by atoms with Crippen molar-refractivity contribution in [1.29, 1.82) is 0 Å². The van der Waals surface area contributed by atoms with Gasteiger partial charge < -0.3 is 24.8 Å². The molecule has 1 fully saturated rings. The van der Waals surface area contributed by atoms with E-state index in [4.69, 9.17) is 9.47 Å². The Morgan fingerprint density at radius 2 is 2.07 bits per heavy atom. The van der Waals surface area contributed by atoms with E-state index in [0.29, 0.717) is 26.4 Å². The average molecular weight is 389 g/mol. The predicted octanol–water partition coefficient (Wildman–Crippen LogP) is 2.02. The lowest BCUT2D eigenvalue weighted by atomic mass is 10.2. The molecule has 9 heteroatoms. The first kappa shape index (κ1) is 19.7. The molecule has 0 aliphatic carbocycles. The summed E-state index contributed by atoms with van der Waals surface area (Å²) in [5, 5.41) is 12.1. The van der Waals surface area contributed by atoms with E-state index in [2.05, 4.69) is 10.3 Å². The van der Waals surface area contributed by atoms with Gasteiger partial charge in [-0.05, 0) is 30.3 Å². The molecule has 0 saturated carbocycles. The van der Waals surface area contributed by atoms with Crippen molar-refractivity contribution >= 4 is 23.4 Å². The van der Waals surface area contributed by atoms with Crippen molar-refractivity contribution in [2.75, 3.05) is 43.6 Å². The molecule has 1 aromatic heterocycles. The van der Waals surface area contributed by atoms with Crippen LogP contribution < -0.4 is 10.2 Å². The maximum atomic E-state index is 13.0. The number of nitrogens with zero attached hydrogens (tertiary/aromatic N) is 2. The number of carboxylic acid groups (broad SMARTS) is 1. The molecule has 0 radical (unpaired) electrons. The summed E-state index contributed by atoms with van der Waals surface area (Å²) in [6, 6.07) is 6.35. The third-order valence-electron chi connectivity index (χ3n) is 4.19. The number of carbonyl (C=O) groups is 2. The smallest absolute Gasteiger partial charge is 0.339 e. The number of anilines is 2. The van der Waals surface area contributed by atoms with Crippen LogP contribution in [-0.4, -0.2) is 61.5 Å². The van der Waals surface area contributed by atoms with Crippen LogP contribution in [-0.2, 0) is 9.47 Å². The molecule has 1 atom stereocenters. The van der Waals surface area contributed by atoms with E-state index in [1.807, 2.05) is 0 Å². The van der Waals surface area contributed by atoms with Crippen molar-refractivity contribution in [1.82, 2.24) is 4.98 Å². The minimum Gasteiger partial charge on any atom is -0.478 e. The van der Waals surface area contributed by atoms with Crippen LogP contribution in [0.1, 0.15) is 20.7 Å². The van der Waals surface area contributed by atoms with Gasteiger partial charge in [0.05, 0.1) is 37.8 Å². The normalized spacial score (nSPS) is 16.4. The maximum Gasteiger partial charge on any atom is 0.339 e. The first-order valence-corrected chi connectivity index (χ1v) is 8.65. The minimum atomic E-state index is -1.17. The van der Waals surface area contributed by atoms with Crippen molar-refractivity contribution in [3.63, 3.8) is 0 Å². The average Bonchev–Trinajstić information content (AvgIpc) is 2.69. The van der Waals surface area contributed by atoms with Crippen LogP contribution in [0, 0.1) is 5.82 Å². The number of carbonyl (C=O) groups excluding carboxylic acids is 1. The minimum absolute atomic E-state index is 0.0591. The lowest BCUT2D eigenvalue weighted by Gasteiger charge is -2.28. The Hall–Kier alpha value is -3.04. The molecule has 8 nitrogen and oxygen atoms in total. The summed E-state index contributed by atoms with van der Waals surface area (Å²) in [6.45, 7) is 1.88. The number of rotatable bonds is 6. The Morgan fingerprint density at radius 1 is 1.32 bits per heavy atom. The van der Waals surface area contributed by atoms with Crippen molar-refractivity contribution < 1.29 is 28.6 Å². The SMILES string of the molecule is CN(C[C@H]1COCCO1)c1ncc(NC(=O)c2ccc(F)cc2)cc1C(=O)O. The molecule has 1 saturated heterocycles. The summed E-state index contributed by atoms with van der Waals surface area (Å²) < 4.78 is 23.9. The van der Waals surface area contributed by atoms with Gasteiger partial charge in [-0.1, -0.05) is 0 Å². The zero-order valence-electron chi connectivity index (χ0n) is 15.2. The molecule has 3 rings (SSSR count). The highest BCUT2D eigenvalue weighted by molar-refractivity contribution is 6.05.